The van der Waals surface area contributed by atoms with E-state index in [1.165, 1.54) is 17.0 Å². The summed E-state index contributed by atoms with van der Waals surface area (Å²) in [6.07, 6.45) is -0.996. The minimum atomic E-state index is -0.996. The van der Waals surface area contributed by atoms with Gasteiger partial charge in [-0.25, -0.2) is 4.39 Å². The summed E-state index contributed by atoms with van der Waals surface area (Å²) in [5.74, 6) is -1.69. The van der Waals surface area contributed by atoms with Crippen LogP contribution in [0, 0.1) is 5.82 Å². The van der Waals surface area contributed by atoms with E-state index in [-0.39, 0.29) is 17.1 Å². The molecule has 0 saturated carbocycles. The van der Waals surface area contributed by atoms with Crippen molar-refractivity contribution >= 4 is 29.1 Å². The molecule has 1 atom stereocenters. The standard InChI is InChI=1S/C16H12ClFN2O3/c17-9-5-6-10(11(18)7-9)16(22)20-8-14(15(19)21)23-13-4-2-1-3-12(13)20/h1-7,14H,8H2,(H2,19,21). The normalized spacial score (nSPS) is 16.4. The van der Waals surface area contributed by atoms with Gasteiger partial charge in [-0.05, 0) is 30.3 Å². The highest BCUT2D eigenvalue weighted by Gasteiger charge is 2.33. The molecule has 1 aliphatic rings. The summed E-state index contributed by atoms with van der Waals surface area (Å²) in [4.78, 5) is 25.4. The SMILES string of the molecule is NC(=O)C1CN(C(=O)c2ccc(Cl)cc2F)c2ccccc2O1. The molecular weight excluding hydrogens is 323 g/mol. The van der Waals surface area contributed by atoms with E-state index in [4.69, 9.17) is 22.1 Å². The Morgan fingerprint density at radius 1 is 1.26 bits per heavy atom. The number of primary amides is 1. The van der Waals surface area contributed by atoms with Crippen LogP contribution < -0.4 is 15.4 Å². The molecule has 3 rings (SSSR count). The molecule has 0 aromatic heterocycles. The molecule has 1 heterocycles. The van der Waals surface area contributed by atoms with Crippen LogP contribution in [0.1, 0.15) is 10.4 Å². The van der Waals surface area contributed by atoms with Crippen LogP contribution in [0.2, 0.25) is 5.02 Å². The van der Waals surface area contributed by atoms with Gasteiger partial charge in [-0.15, -0.1) is 0 Å². The average molecular weight is 335 g/mol. The lowest BCUT2D eigenvalue weighted by Crippen LogP contribution is -2.49. The summed E-state index contributed by atoms with van der Waals surface area (Å²) in [5.41, 5.74) is 5.59. The van der Waals surface area contributed by atoms with Gasteiger partial charge in [0.15, 0.2) is 6.10 Å². The molecular formula is C16H12ClFN2O3. The van der Waals surface area contributed by atoms with Gasteiger partial charge in [0, 0.05) is 5.02 Å². The molecule has 0 aliphatic carbocycles. The third-order valence-electron chi connectivity index (χ3n) is 3.50. The van der Waals surface area contributed by atoms with E-state index in [0.29, 0.717) is 11.4 Å². The fourth-order valence-electron chi connectivity index (χ4n) is 2.38. The van der Waals surface area contributed by atoms with Gasteiger partial charge < -0.3 is 15.4 Å². The Kier molecular flexibility index (Phi) is 3.92. The largest absolute Gasteiger partial charge is 0.477 e. The summed E-state index contributed by atoms with van der Waals surface area (Å²) in [7, 11) is 0. The molecule has 2 aromatic rings. The topological polar surface area (TPSA) is 72.6 Å². The molecule has 0 saturated heterocycles. The van der Waals surface area contributed by atoms with E-state index in [2.05, 4.69) is 0 Å². The van der Waals surface area contributed by atoms with Crippen LogP contribution >= 0.6 is 11.6 Å². The third-order valence-corrected chi connectivity index (χ3v) is 3.73. The molecule has 5 nitrogen and oxygen atoms in total. The van der Waals surface area contributed by atoms with E-state index < -0.39 is 23.7 Å². The molecule has 0 fully saturated rings. The molecule has 2 amide bonds. The number of nitrogens with zero attached hydrogens (tertiary/aromatic N) is 1. The average Bonchev–Trinajstić information content (AvgIpc) is 2.53. The van der Waals surface area contributed by atoms with Crippen molar-refractivity contribution in [1.29, 1.82) is 0 Å². The van der Waals surface area contributed by atoms with Crippen LogP contribution in [0.5, 0.6) is 5.75 Å². The van der Waals surface area contributed by atoms with Crippen molar-refractivity contribution in [2.45, 2.75) is 6.10 Å². The van der Waals surface area contributed by atoms with Crippen LogP contribution in [0.25, 0.3) is 0 Å². The number of anilines is 1. The highest BCUT2D eigenvalue weighted by molar-refractivity contribution is 6.30. The Hall–Kier alpha value is -2.60. The van der Waals surface area contributed by atoms with Crippen molar-refractivity contribution in [3.8, 4) is 5.75 Å². The number of ether oxygens (including phenoxy) is 1. The molecule has 1 aliphatic heterocycles. The maximum Gasteiger partial charge on any atom is 0.261 e. The van der Waals surface area contributed by atoms with Crippen molar-refractivity contribution in [3.63, 3.8) is 0 Å². The lowest BCUT2D eigenvalue weighted by molar-refractivity contribution is -0.124. The summed E-state index contributed by atoms with van der Waals surface area (Å²) in [5, 5.41) is 0.191. The highest BCUT2D eigenvalue weighted by Crippen LogP contribution is 2.34. The van der Waals surface area contributed by atoms with Gasteiger partial charge in [-0.2, -0.15) is 0 Å². The van der Waals surface area contributed by atoms with Crippen LogP contribution in [0.4, 0.5) is 10.1 Å². The molecule has 0 bridgehead atoms. The summed E-state index contributed by atoms with van der Waals surface area (Å²) in [6.45, 7) is -0.0900. The van der Waals surface area contributed by atoms with E-state index in [9.17, 15) is 14.0 Å². The van der Waals surface area contributed by atoms with Crippen LogP contribution in [-0.2, 0) is 4.79 Å². The number of nitrogens with two attached hydrogens (primary N) is 1. The zero-order valence-electron chi connectivity index (χ0n) is 11.8. The minimum absolute atomic E-state index is 0.0900. The maximum atomic E-state index is 14.0. The molecule has 7 heteroatoms. The van der Waals surface area contributed by atoms with Crippen molar-refractivity contribution in [2.24, 2.45) is 5.73 Å². The smallest absolute Gasteiger partial charge is 0.261 e. The van der Waals surface area contributed by atoms with E-state index in [1.54, 1.807) is 24.3 Å². The Bertz CT molecular complexity index is 797. The molecule has 2 N–H and O–H groups in total. The van der Waals surface area contributed by atoms with E-state index >= 15 is 0 Å². The number of rotatable bonds is 2. The highest BCUT2D eigenvalue weighted by atomic mass is 35.5. The molecule has 118 valence electrons. The number of carbonyl (C=O) groups excluding carboxylic acids is 2. The van der Waals surface area contributed by atoms with Crippen molar-refractivity contribution in [2.75, 3.05) is 11.4 Å². The number of hydrogen-bond acceptors (Lipinski definition) is 3. The van der Waals surface area contributed by atoms with Gasteiger partial charge in [0.1, 0.15) is 11.6 Å². The Morgan fingerprint density at radius 2 is 2.00 bits per heavy atom. The molecule has 23 heavy (non-hydrogen) atoms. The molecule has 1 unspecified atom stereocenters. The number of amides is 2. The fourth-order valence-corrected chi connectivity index (χ4v) is 2.54. The lowest BCUT2D eigenvalue weighted by atomic mass is 10.1. The Balaban J connectivity index is 2.03. The Morgan fingerprint density at radius 3 is 2.70 bits per heavy atom. The van der Waals surface area contributed by atoms with Crippen molar-refractivity contribution < 1.29 is 18.7 Å². The van der Waals surface area contributed by atoms with E-state index in [0.717, 1.165) is 6.07 Å². The van der Waals surface area contributed by atoms with Gasteiger partial charge >= 0.3 is 0 Å². The number of hydrogen-bond donors (Lipinski definition) is 1. The quantitative estimate of drug-likeness (QED) is 0.916. The number of para-hydroxylation sites is 2. The van der Waals surface area contributed by atoms with E-state index in [1.807, 2.05) is 0 Å². The fraction of sp³-hybridized carbons (Fsp3) is 0.125. The number of carbonyl (C=O) groups is 2. The zero-order valence-corrected chi connectivity index (χ0v) is 12.6. The van der Waals surface area contributed by atoms with Crippen LogP contribution in [-0.4, -0.2) is 24.5 Å². The summed E-state index contributed by atoms with van der Waals surface area (Å²) >= 11 is 5.71. The Labute approximate surface area is 136 Å². The monoisotopic (exact) mass is 334 g/mol. The molecule has 2 aromatic carbocycles. The second kappa shape index (κ2) is 5.89. The zero-order chi connectivity index (χ0) is 16.6. The second-order valence-electron chi connectivity index (χ2n) is 5.02. The van der Waals surface area contributed by atoms with Crippen molar-refractivity contribution in [1.82, 2.24) is 0 Å². The molecule has 0 radical (unpaired) electrons. The van der Waals surface area contributed by atoms with Gasteiger partial charge in [0.05, 0.1) is 17.8 Å². The third kappa shape index (κ3) is 2.85. The molecule has 0 spiro atoms. The lowest BCUT2D eigenvalue weighted by Gasteiger charge is -2.33. The van der Waals surface area contributed by atoms with Crippen LogP contribution in [0.3, 0.4) is 0 Å². The first kappa shape index (κ1) is 15.3. The first-order valence-electron chi connectivity index (χ1n) is 6.79. The van der Waals surface area contributed by atoms with Gasteiger partial charge in [0.25, 0.3) is 11.8 Å². The maximum absolute atomic E-state index is 14.0. The predicted octanol–water partition coefficient (Wildman–Crippen LogP) is 2.37. The number of fused-ring (bicyclic) bond motifs is 1. The van der Waals surface area contributed by atoms with Gasteiger partial charge in [-0.1, -0.05) is 23.7 Å². The summed E-state index contributed by atoms with van der Waals surface area (Å²) < 4.78 is 19.5. The number of halogens is 2. The number of benzene rings is 2. The summed E-state index contributed by atoms with van der Waals surface area (Å²) in [6, 6.07) is 10.5. The van der Waals surface area contributed by atoms with Gasteiger partial charge in [0.2, 0.25) is 0 Å². The first-order chi connectivity index (χ1) is 11.0. The first-order valence-corrected chi connectivity index (χ1v) is 7.17. The predicted molar refractivity (Wildman–Crippen MR) is 83.1 cm³/mol. The van der Waals surface area contributed by atoms with Crippen molar-refractivity contribution in [3.05, 3.63) is 58.9 Å². The minimum Gasteiger partial charge on any atom is -0.477 e. The van der Waals surface area contributed by atoms with Crippen LogP contribution in [0.15, 0.2) is 42.5 Å². The second-order valence-corrected chi connectivity index (χ2v) is 5.45. The van der Waals surface area contributed by atoms with Gasteiger partial charge in [-0.3, -0.25) is 9.59 Å².